The van der Waals surface area contributed by atoms with E-state index in [1.165, 1.54) is 0 Å². The van der Waals surface area contributed by atoms with Gasteiger partial charge in [0.05, 0.1) is 10.0 Å². The van der Waals surface area contributed by atoms with Crippen LogP contribution in [0.1, 0.15) is 5.56 Å². The molecule has 0 spiro atoms. The molecule has 1 atom stereocenters. The van der Waals surface area contributed by atoms with Crippen molar-refractivity contribution in [3.63, 3.8) is 0 Å². The summed E-state index contributed by atoms with van der Waals surface area (Å²) in [6.45, 7) is 0. The summed E-state index contributed by atoms with van der Waals surface area (Å²) in [5.74, 6) is -0.874. The average molecular weight is 262 g/mol. The number of likely N-dealkylation sites (N-methyl/N-ethyl adjacent to an activating group) is 1. The predicted molar refractivity (Wildman–Crippen MR) is 65.3 cm³/mol. The molecule has 1 aromatic carbocycles. The Labute approximate surface area is 105 Å². The molecule has 88 valence electrons. The van der Waals surface area contributed by atoms with Crippen molar-refractivity contribution in [1.29, 1.82) is 0 Å². The van der Waals surface area contributed by atoms with Crippen LogP contribution in [-0.2, 0) is 11.2 Å². The van der Waals surface area contributed by atoms with Crippen LogP contribution in [0.4, 0.5) is 0 Å². The van der Waals surface area contributed by atoms with E-state index in [9.17, 15) is 4.79 Å². The van der Waals surface area contributed by atoms with Gasteiger partial charge in [-0.15, -0.1) is 0 Å². The highest BCUT2D eigenvalue weighted by atomic mass is 35.5. The standard InChI is InChI=1S/C11H13Cl2NO2/c1-14(2)9(11(15)16)6-7-4-3-5-8(12)10(7)13/h3-5,9H,6H2,1-2H3,(H,15,16)/t9-/m0/s1. The van der Waals surface area contributed by atoms with E-state index in [0.29, 0.717) is 16.5 Å². The molecule has 0 unspecified atom stereocenters. The first kappa shape index (κ1) is 13.3. The minimum absolute atomic E-state index is 0.335. The molecule has 0 saturated carbocycles. The van der Waals surface area contributed by atoms with E-state index in [-0.39, 0.29) is 0 Å². The summed E-state index contributed by atoms with van der Waals surface area (Å²) >= 11 is 11.9. The molecule has 0 aromatic heterocycles. The lowest BCUT2D eigenvalue weighted by molar-refractivity contribution is -0.142. The second-order valence-electron chi connectivity index (χ2n) is 3.73. The van der Waals surface area contributed by atoms with Gasteiger partial charge in [-0.05, 0) is 25.7 Å². The van der Waals surface area contributed by atoms with Gasteiger partial charge in [0.15, 0.2) is 0 Å². The van der Waals surface area contributed by atoms with E-state index in [4.69, 9.17) is 28.3 Å². The number of hydrogen-bond acceptors (Lipinski definition) is 2. The third-order valence-corrected chi connectivity index (χ3v) is 3.21. The van der Waals surface area contributed by atoms with E-state index >= 15 is 0 Å². The van der Waals surface area contributed by atoms with Gasteiger partial charge in [-0.25, -0.2) is 0 Å². The number of nitrogens with zero attached hydrogens (tertiary/aromatic N) is 1. The topological polar surface area (TPSA) is 40.5 Å². The molecule has 5 heteroatoms. The first-order valence-corrected chi connectivity index (χ1v) is 5.51. The molecule has 1 aromatic rings. The maximum Gasteiger partial charge on any atom is 0.321 e. The van der Waals surface area contributed by atoms with E-state index in [1.807, 2.05) is 0 Å². The van der Waals surface area contributed by atoms with Crippen molar-refractivity contribution in [3.8, 4) is 0 Å². The highest BCUT2D eigenvalue weighted by molar-refractivity contribution is 6.42. The summed E-state index contributed by atoms with van der Waals surface area (Å²) in [4.78, 5) is 12.7. The smallest absolute Gasteiger partial charge is 0.321 e. The lowest BCUT2D eigenvalue weighted by atomic mass is 10.1. The van der Waals surface area contributed by atoms with Crippen molar-refractivity contribution in [2.75, 3.05) is 14.1 Å². The van der Waals surface area contributed by atoms with Crippen LogP contribution in [0.5, 0.6) is 0 Å². The molecular weight excluding hydrogens is 249 g/mol. The van der Waals surface area contributed by atoms with Crippen LogP contribution in [0.15, 0.2) is 18.2 Å². The van der Waals surface area contributed by atoms with Crippen LogP contribution in [0, 0.1) is 0 Å². The normalized spacial score (nSPS) is 12.8. The first-order chi connectivity index (χ1) is 7.43. The maximum atomic E-state index is 11.0. The van der Waals surface area contributed by atoms with Gasteiger partial charge in [0.1, 0.15) is 6.04 Å². The highest BCUT2D eigenvalue weighted by Gasteiger charge is 2.21. The summed E-state index contributed by atoms with van der Waals surface area (Å²) < 4.78 is 0. The third-order valence-electron chi connectivity index (χ3n) is 2.35. The summed E-state index contributed by atoms with van der Waals surface area (Å²) in [5, 5.41) is 9.92. The van der Waals surface area contributed by atoms with Gasteiger partial charge >= 0.3 is 5.97 Å². The molecule has 0 aliphatic rings. The lowest BCUT2D eigenvalue weighted by Crippen LogP contribution is -2.37. The van der Waals surface area contributed by atoms with Gasteiger partial charge in [0.2, 0.25) is 0 Å². The second-order valence-corrected chi connectivity index (χ2v) is 4.52. The number of carboxylic acids is 1. The predicted octanol–water partition coefficient (Wildman–Crippen LogP) is 2.55. The fourth-order valence-corrected chi connectivity index (χ4v) is 1.80. The molecule has 1 N–H and O–H groups in total. The summed E-state index contributed by atoms with van der Waals surface area (Å²) in [6, 6.07) is 4.63. The number of aliphatic carboxylic acids is 1. The summed E-state index contributed by atoms with van der Waals surface area (Å²) in [7, 11) is 3.44. The zero-order chi connectivity index (χ0) is 12.3. The maximum absolute atomic E-state index is 11.0. The Bertz CT molecular complexity index is 394. The number of carbonyl (C=O) groups is 1. The molecule has 1 rings (SSSR count). The zero-order valence-corrected chi connectivity index (χ0v) is 10.6. The molecule has 0 fully saturated rings. The molecule has 0 bridgehead atoms. The molecule has 0 radical (unpaired) electrons. The Morgan fingerprint density at radius 3 is 2.56 bits per heavy atom. The lowest BCUT2D eigenvalue weighted by Gasteiger charge is -2.20. The summed E-state index contributed by atoms with van der Waals surface area (Å²) in [6.07, 6.45) is 0.335. The van der Waals surface area contributed by atoms with Crippen LogP contribution in [0.25, 0.3) is 0 Å². The Kier molecular flexibility index (Phi) is 4.59. The molecule has 0 amide bonds. The monoisotopic (exact) mass is 261 g/mol. The van der Waals surface area contributed by atoms with Crippen LogP contribution >= 0.6 is 23.2 Å². The van der Waals surface area contributed by atoms with E-state index in [1.54, 1.807) is 37.2 Å². The zero-order valence-electron chi connectivity index (χ0n) is 9.08. The largest absolute Gasteiger partial charge is 0.480 e. The second kappa shape index (κ2) is 5.53. The fourth-order valence-electron chi connectivity index (χ4n) is 1.41. The van der Waals surface area contributed by atoms with Crippen LogP contribution < -0.4 is 0 Å². The molecule has 16 heavy (non-hydrogen) atoms. The first-order valence-electron chi connectivity index (χ1n) is 4.75. The van der Waals surface area contributed by atoms with Crippen LogP contribution in [0.3, 0.4) is 0 Å². The number of benzene rings is 1. The van der Waals surface area contributed by atoms with Crippen molar-refractivity contribution < 1.29 is 9.90 Å². The Morgan fingerprint density at radius 2 is 2.06 bits per heavy atom. The number of halogens is 2. The fraction of sp³-hybridized carbons (Fsp3) is 0.364. The van der Waals surface area contributed by atoms with Crippen molar-refractivity contribution in [3.05, 3.63) is 33.8 Å². The van der Waals surface area contributed by atoms with Crippen LogP contribution in [-0.4, -0.2) is 36.1 Å². The minimum Gasteiger partial charge on any atom is -0.480 e. The van der Waals surface area contributed by atoms with E-state index in [0.717, 1.165) is 5.56 Å². The Hall–Kier alpha value is -0.770. The van der Waals surface area contributed by atoms with E-state index < -0.39 is 12.0 Å². The SMILES string of the molecule is CN(C)[C@@H](Cc1cccc(Cl)c1Cl)C(=O)O. The van der Waals surface area contributed by atoms with Crippen molar-refractivity contribution in [2.24, 2.45) is 0 Å². The van der Waals surface area contributed by atoms with Gasteiger partial charge in [-0.2, -0.15) is 0 Å². The van der Waals surface area contributed by atoms with E-state index in [2.05, 4.69) is 0 Å². The third kappa shape index (κ3) is 3.11. The van der Waals surface area contributed by atoms with Gasteiger partial charge in [0, 0.05) is 6.42 Å². The van der Waals surface area contributed by atoms with Gasteiger partial charge in [-0.3, -0.25) is 9.69 Å². The number of hydrogen-bond donors (Lipinski definition) is 1. The molecule has 0 saturated heterocycles. The molecule has 0 aliphatic heterocycles. The molecular formula is C11H13Cl2NO2. The molecule has 3 nitrogen and oxygen atoms in total. The number of rotatable bonds is 4. The minimum atomic E-state index is -0.874. The van der Waals surface area contributed by atoms with Gasteiger partial charge in [0.25, 0.3) is 0 Å². The number of carboxylic acid groups (broad SMARTS) is 1. The molecule has 0 heterocycles. The average Bonchev–Trinajstić information content (AvgIpc) is 2.19. The molecule has 0 aliphatic carbocycles. The highest BCUT2D eigenvalue weighted by Crippen LogP contribution is 2.26. The summed E-state index contributed by atoms with van der Waals surface area (Å²) in [5.41, 5.74) is 0.746. The Balaban J connectivity index is 2.94. The van der Waals surface area contributed by atoms with Gasteiger partial charge in [-0.1, -0.05) is 35.3 Å². The van der Waals surface area contributed by atoms with Crippen molar-refractivity contribution >= 4 is 29.2 Å². The quantitative estimate of drug-likeness (QED) is 0.906. The van der Waals surface area contributed by atoms with Gasteiger partial charge < -0.3 is 5.11 Å². The van der Waals surface area contributed by atoms with Crippen LogP contribution in [0.2, 0.25) is 10.0 Å². The van der Waals surface area contributed by atoms with Crippen molar-refractivity contribution in [2.45, 2.75) is 12.5 Å². The van der Waals surface area contributed by atoms with Crippen molar-refractivity contribution in [1.82, 2.24) is 4.90 Å². The Morgan fingerprint density at radius 1 is 1.44 bits per heavy atom.